The van der Waals surface area contributed by atoms with Gasteiger partial charge in [-0.2, -0.15) is 0 Å². The summed E-state index contributed by atoms with van der Waals surface area (Å²) in [6.07, 6.45) is 5.45. The number of aromatic amines is 1. The Bertz CT molecular complexity index is 2230. The molecule has 2 saturated heterocycles. The number of para-hydroxylation sites is 1. The van der Waals surface area contributed by atoms with Crippen LogP contribution in [0, 0.1) is 17.8 Å². The average Bonchev–Trinajstić information content (AvgIpc) is 4.06. The topological polar surface area (TPSA) is 212 Å². The SMILES string of the molecule is CC(C)[C@@H]1NC(=O)c2coc(n2)[C@H](C(C)C)NC(=O)[C@@H]2CCCN2C(=O)[C@@H]2CCCN2C(=O)[C@H](C(C)C)NC(=O)c2csc(n2)[C@H](Cc2c[nH]c3ccccc23)NC1=O. The van der Waals surface area contributed by atoms with Crippen LogP contribution >= 0.6 is 11.3 Å². The first-order valence-electron chi connectivity index (χ1n) is 20.5. The van der Waals surface area contributed by atoms with E-state index in [0.717, 1.165) is 16.5 Å². The highest BCUT2D eigenvalue weighted by Gasteiger charge is 2.45. The van der Waals surface area contributed by atoms with Gasteiger partial charge in [0.05, 0.1) is 6.04 Å². The second kappa shape index (κ2) is 17.3. The molecule has 3 aliphatic heterocycles. The molecule has 0 radical (unpaired) electrons. The van der Waals surface area contributed by atoms with E-state index in [9.17, 15) is 28.8 Å². The number of H-pyrrole nitrogens is 1. The number of nitrogens with zero attached hydrogens (tertiary/aromatic N) is 4. The van der Waals surface area contributed by atoms with E-state index in [1.165, 1.54) is 17.6 Å². The summed E-state index contributed by atoms with van der Waals surface area (Å²) in [5.41, 5.74) is 1.84. The maximum absolute atomic E-state index is 14.3. The van der Waals surface area contributed by atoms with Gasteiger partial charge in [-0.25, -0.2) is 9.97 Å². The number of benzene rings is 1. The van der Waals surface area contributed by atoms with E-state index in [2.05, 4.69) is 31.2 Å². The van der Waals surface area contributed by atoms with Crippen LogP contribution in [-0.4, -0.2) is 97.5 Å². The molecule has 5 N–H and O–H groups in total. The Hall–Kier alpha value is -5.58. The molecule has 17 heteroatoms. The van der Waals surface area contributed by atoms with Crippen molar-refractivity contribution in [2.24, 2.45) is 17.8 Å². The van der Waals surface area contributed by atoms with E-state index in [4.69, 9.17) is 9.40 Å². The summed E-state index contributed by atoms with van der Waals surface area (Å²) < 4.78 is 5.79. The number of carbonyl (C=O) groups is 6. The van der Waals surface area contributed by atoms with Crippen molar-refractivity contribution >= 4 is 57.7 Å². The summed E-state index contributed by atoms with van der Waals surface area (Å²) in [6, 6.07) is 2.82. The summed E-state index contributed by atoms with van der Waals surface area (Å²) in [4.78, 5) is 99.8. The number of hydrogen-bond acceptors (Lipinski definition) is 10. The van der Waals surface area contributed by atoms with E-state index >= 15 is 0 Å². The van der Waals surface area contributed by atoms with Crippen LogP contribution < -0.4 is 21.3 Å². The van der Waals surface area contributed by atoms with E-state index in [0.29, 0.717) is 50.2 Å². The van der Waals surface area contributed by atoms with Crippen LogP contribution in [-0.2, 0) is 25.6 Å². The largest absolute Gasteiger partial charge is 0.446 e. The maximum atomic E-state index is 14.3. The fraction of sp³-hybridized carbons (Fsp3) is 0.524. The monoisotopic (exact) mass is 827 g/mol. The summed E-state index contributed by atoms with van der Waals surface area (Å²) in [5, 5.41) is 14.9. The molecule has 2 fully saturated rings. The Morgan fingerprint density at radius 1 is 0.729 bits per heavy atom. The molecule has 59 heavy (non-hydrogen) atoms. The lowest BCUT2D eigenvalue weighted by Gasteiger charge is -2.34. The first kappa shape index (κ1) is 41.6. The van der Waals surface area contributed by atoms with Crippen LogP contribution in [0.3, 0.4) is 0 Å². The van der Waals surface area contributed by atoms with Gasteiger partial charge in [0.25, 0.3) is 11.8 Å². The van der Waals surface area contributed by atoms with Gasteiger partial charge in [0, 0.05) is 42.0 Å². The number of aromatic nitrogens is 3. The zero-order valence-corrected chi connectivity index (χ0v) is 35.1. The van der Waals surface area contributed by atoms with Crippen LogP contribution in [0.1, 0.15) is 117 Å². The third kappa shape index (κ3) is 8.61. The van der Waals surface area contributed by atoms with Crippen molar-refractivity contribution < 1.29 is 33.2 Å². The molecule has 3 aliphatic rings. The van der Waals surface area contributed by atoms with E-state index in [1.54, 1.807) is 15.2 Å². The molecule has 1 aromatic carbocycles. The van der Waals surface area contributed by atoms with E-state index in [1.807, 2.05) is 72.0 Å². The van der Waals surface area contributed by atoms with Gasteiger partial charge >= 0.3 is 0 Å². The summed E-state index contributed by atoms with van der Waals surface area (Å²) >= 11 is 1.20. The molecule has 6 amide bonds. The third-order valence-electron chi connectivity index (χ3n) is 11.6. The predicted molar refractivity (Wildman–Crippen MR) is 219 cm³/mol. The molecule has 7 rings (SSSR count). The summed E-state index contributed by atoms with van der Waals surface area (Å²) in [5.74, 6) is -3.52. The highest BCUT2D eigenvalue weighted by Crippen LogP contribution is 2.30. The van der Waals surface area contributed by atoms with Gasteiger partial charge in [0.1, 0.15) is 47.2 Å². The third-order valence-corrected chi connectivity index (χ3v) is 12.5. The van der Waals surface area contributed by atoms with Crippen molar-refractivity contribution in [1.29, 1.82) is 0 Å². The van der Waals surface area contributed by atoms with E-state index < -0.39 is 59.9 Å². The fourth-order valence-electron chi connectivity index (χ4n) is 8.27. The molecule has 0 saturated carbocycles. The predicted octanol–water partition coefficient (Wildman–Crippen LogP) is 4.03. The Morgan fingerprint density at radius 2 is 1.37 bits per heavy atom. The quantitative estimate of drug-likeness (QED) is 0.196. The molecule has 16 nitrogen and oxygen atoms in total. The average molecular weight is 828 g/mol. The first-order chi connectivity index (χ1) is 28.2. The van der Waals surface area contributed by atoms with Gasteiger partial charge in [-0.1, -0.05) is 59.7 Å². The van der Waals surface area contributed by atoms with Gasteiger partial charge in [-0.3, -0.25) is 28.8 Å². The highest BCUT2D eigenvalue weighted by molar-refractivity contribution is 7.09. The number of thiazole rings is 1. The second-order valence-corrected chi connectivity index (χ2v) is 17.7. The van der Waals surface area contributed by atoms with E-state index in [-0.39, 0.29) is 46.8 Å². The Labute approximate surface area is 346 Å². The molecule has 0 spiro atoms. The number of amides is 6. The molecular formula is C42H53N9O7S. The summed E-state index contributed by atoms with van der Waals surface area (Å²) in [6.45, 7) is 11.7. The zero-order valence-electron chi connectivity index (χ0n) is 34.2. The lowest BCUT2D eigenvalue weighted by molar-refractivity contribution is -0.147. The van der Waals surface area contributed by atoms with Crippen molar-refractivity contribution in [1.82, 2.24) is 46.0 Å². The minimum atomic E-state index is -1.000. The standard InChI is InChI=1S/C42H53N9O7S/c1-21(2)32-38(55)44-27(17-24-18-43-26-12-8-7-11-25(24)26)40-46-29(20-59-40)36(53)49-34(23(5)6)42(57)51-16-10-14-31(51)41(56)50-15-9-13-30(50)37(54)48-33(22(3)4)39-45-28(19-58-39)35(52)47-32/h7-8,11-12,18-23,27,30-34,43H,9-10,13-17H2,1-6H3,(H,44,55)(H,47,52)(H,48,54)(H,49,53)/t27-,30-,31-,32-,33-,34-/m0/s1. The zero-order chi connectivity index (χ0) is 42.1. The molecule has 6 heterocycles. The molecule has 0 unspecified atom stereocenters. The smallest absolute Gasteiger partial charge is 0.273 e. The first-order valence-corrected chi connectivity index (χ1v) is 21.4. The number of fused-ring (bicyclic) bond motifs is 7. The van der Waals surface area contributed by atoms with Crippen LogP contribution in [0.4, 0.5) is 0 Å². The second-order valence-electron chi connectivity index (χ2n) is 16.8. The number of nitrogens with one attached hydrogen (secondary N) is 5. The lowest BCUT2D eigenvalue weighted by atomic mass is 10.0. The Balaban J connectivity index is 1.25. The minimum Gasteiger partial charge on any atom is -0.446 e. The van der Waals surface area contributed by atoms with Gasteiger partial charge < -0.3 is 40.5 Å². The van der Waals surface area contributed by atoms with Gasteiger partial charge in [0.15, 0.2) is 5.69 Å². The molecule has 4 aromatic rings. The molecule has 0 aliphatic carbocycles. The minimum absolute atomic E-state index is 0.0675. The molecular weight excluding hydrogens is 775 g/mol. The van der Waals surface area contributed by atoms with Gasteiger partial charge in [0.2, 0.25) is 29.5 Å². The van der Waals surface area contributed by atoms with Crippen LogP contribution in [0.25, 0.3) is 10.9 Å². The molecule has 4 bridgehead atoms. The highest BCUT2D eigenvalue weighted by atomic mass is 32.1. The van der Waals surface area contributed by atoms with Crippen molar-refractivity contribution in [3.63, 3.8) is 0 Å². The molecule has 3 aromatic heterocycles. The van der Waals surface area contributed by atoms with Crippen LogP contribution in [0.15, 0.2) is 46.5 Å². The maximum Gasteiger partial charge on any atom is 0.273 e. The van der Waals surface area contributed by atoms with Crippen molar-refractivity contribution in [2.45, 2.75) is 110 Å². The molecule has 6 atom stereocenters. The Morgan fingerprint density at radius 3 is 2.08 bits per heavy atom. The molecule has 314 valence electrons. The van der Waals surface area contributed by atoms with Crippen molar-refractivity contribution in [3.05, 3.63) is 70.0 Å². The van der Waals surface area contributed by atoms with Crippen LogP contribution in [0.2, 0.25) is 0 Å². The lowest BCUT2D eigenvalue weighted by Crippen LogP contribution is -2.57. The van der Waals surface area contributed by atoms with Gasteiger partial charge in [-0.05, 0) is 55.1 Å². The number of hydrogen-bond donors (Lipinski definition) is 5. The van der Waals surface area contributed by atoms with Crippen molar-refractivity contribution in [3.8, 4) is 0 Å². The number of carbonyl (C=O) groups excluding carboxylic acids is 6. The Kier molecular flexibility index (Phi) is 12.2. The van der Waals surface area contributed by atoms with Crippen LogP contribution in [0.5, 0.6) is 0 Å². The number of oxazole rings is 1. The fourth-order valence-corrected chi connectivity index (χ4v) is 9.12. The normalized spacial score (nSPS) is 25.2. The van der Waals surface area contributed by atoms with Crippen molar-refractivity contribution in [2.75, 3.05) is 13.1 Å². The summed E-state index contributed by atoms with van der Waals surface area (Å²) in [7, 11) is 0. The van der Waals surface area contributed by atoms with Gasteiger partial charge in [-0.15, -0.1) is 11.3 Å². The number of rotatable bonds is 5.